The van der Waals surface area contributed by atoms with E-state index >= 15 is 0 Å². The first kappa shape index (κ1) is 92.1. The van der Waals surface area contributed by atoms with Gasteiger partial charge in [-0.05, 0) is 0 Å². The van der Waals surface area contributed by atoms with Crippen molar-refractivity contribution in [3.63, 3.8) is 0 Å². The smallest absolute Gasteiger partial charge is 0.217 e. The largest absolute Gasteiger partial charge is 0.394 e. The molecule has 45 atom stereocenters. The van der Waals surface area contributed by atoms with E-state index in [0.29, 0.717) is 0 Å². The fourth-order valence-electron chi connectivity index (χ4n) is 14.4. The lowest BCUT2D eigenvalue weighted by Crippen LogP contribution is -2.71. The van der Waals surface area contributed by atoms with E-state index < -0.39 is 359 Å². The molecule has 9 fully saturated rings. The predicted octanol–water partition coefficient (Wildman–Crippen LogP) is -20.1. The minimum Gasteiger partial charge on any atom is -0.394 e. The maximum absolute atomic E-state index is 13.1. The van der Waals surface area contributed by atoms with Crippen molar-refractivity contribution < 1.29 is 227 Å². The molecule has 50 nitrogen and oxygen atoms in total. The quantitative estimate of drug-likeness (QED) is 0.0331. The van der Waals surface area contributed by atoms with Gasteiger partial charge in [-0.2, -0.15) is 0 Å². The number of aliphatic hydroxyl groups is 25. The van der Waals surface area contributed by atoms with Crippen molar-refractivity contribution in [3.05, 3.63) is 0 Å². The number of hydrogen-bond acceptors (Lipinski definition) is 46. The van der Waals surface area contributed by atoms with Gasteiger partial charge in [-0.3, -0.25) is 19.2 Å². The normalized spacial score (nSPS) is 48.9. The van der Waals surface area contributed by atoms with Crippen molar-refractivity contribution >= 4 is 23.6 Å². The zero-order valence-electron chi connectivity index (χ0n) is 60.1. The Bertz CT molecular complexity index is 2970. The van der Waals surface area contributed by atoms with Crippen molar-refractivity contribution in [1.82, 2.24) is 21.3 Å². The van der Waals surface area contributed by atoms with E-state index in [4.69, 9.17) is 80.5 Å². The fraction of sp³-hybridized carbons (Fsp3) is 0.935. The van der Waals surface area contributed by atoms with Crippen molar-refractivity contribution in [2.75, 3.05) is 59.5 Å². The van der Waals surface area contributed by atoms with Crippen LogP contribution in [0.2, 0.25) is 0 Å². The maximum atomic E-state index is 13.1. The average Bonchev–Trinajstić information content (AvgIpc) is 0.763. The van der Waals surface area contributed by atoms with Gasteiger partial charge in [-0.1, -0.05) is 0 Å². The van der Waals surface area contributed by atoms with Crippen LogP contribution in [0.3, 0.4) is 0 Å². The Morgan fingerprint density at radius 1 is 0.232 bits per heavy atom. The number of nitrogens with one attached hydrogen (secondary N) is 4. The molecule has 50 heteroatoms. The molecule has 9 saturated heterocycles. The molecule has 0 unspecified atom stereocenters. The summed E-state index contributed by atoms with van der Waals surface area (Å²) in [6.07, 6.45) is -87.6. The minimum absolute atomic E-state index is 0.802. The van der Waals surface area contributed by atoms with Crippen LogP contribution in [0.15, 0.2) is 0 Å². The van der Waals surface area contributed by atoms with Crippen LogP contribution in [0.1, 0.15) is 27.7 Å². The average molecular weight is 1640 g/mol. The molecule has 0 aromatic carbocycles. The zero-order valence-corrected chi connectivity index (χ0v) is 60.1. The molecular formula is C62H104N4O46. The summed E-state index contributed by atoms with van der Waals surface area (Å²) in [6.45, 7) is -6.21. The van der Waals surface area contributed by atoms with Crippen LogP contribution in [-0.4, -0.2) is 487 Å². The number of hydrogen-bond donors (Lipinski definition) is 29. The number of aliphatic hydroxyl groups excluding tert-OH is 25. The van der Waals surface area contributed by atoms with Gasteiger partial charge in [-0.15, -0.1) is 0 Å². The first-order chi connectivity index (χ1) is 53.0. The fourth-order valence-corrected chi connectivity index (χ4v) is 14.4. The molecule has 0 saturated carbocycles. The topological polar surface area (TPSA) is 779 Å². The van der Waals surface area contributed by atoms with Crippen LogP contribution < -0.4 is 21.3 Å². The Balaban J connectivity index is 1.15. The Kier molecular flexibility index (Phi) is 33.1. The zero-order chi connectivity index (χ0) is 82.5. The molecule has 4 amide bonds. The Morgan fingerprint density at radius 2 is 0.491 bits per heavy atom. The standard InChI is InChI=1S/C62H104N4O46/c1-14(74)63-27-39(86)48(23(10-72)98-54(27)95)107-57-30(66-17(4)77)40(87)49(24(11-73)104-57)108-62-47(94)53(112-61-46(93)51(35(82)22(9-71)103-61)110-56-29(65-16(3)76)38(85)32(79)19(6-68)100-56)50(109-55-28(64-15(2)75)37(84)31(78)18(5-67)99-55)26(106-62)13-97-59-45(92)52(111-60-44(91)42(89)34(81)21(8-70)102-60)36(83)25(105-59)12-96-58-43(90)41(88)33(80)20(7-69)101-58/h18-62,67-73,78-95H,5-13H2,1-4H3,(H,63,74)(H,64,75)(H,65,76)(H,66,77)/t18-,19-,20-,21-,22-,23-,24-,25-,26-,27-,28-,29-,30-,31-,32-,33-,34-,35-,36-,37-,38-,39-,40-,41+,42+,43+,44+,45+,46+,47+,48-,49-,50-,51+,52+,53-,54-,55+,56+,57+,58+,59+,60-,61-,62+/m1/s1. The molecule has 112 heavy (non-hydrogen) atoms. The molecule has 0 aromatic heterocycles. The van der Waals surface area contributed by atoms with Crippen LogP contribution in [0, 0.1) is 0 Å². The van der Waals surface area contributed by atoms with Crippen LogP contribution in [0.5, 0.6) is 0 Å². The molecule has 0 bridgehead atoms. The van der Waals surface area contributed by atoms with Gasteiger partial charge < -0.3 is 229 Å². The Morgan fingerprint density at radius 3 is 0.938 bits per heavy atom. The van der Waals surface area contributed by atoms with E-state index in [1.54, 1.807) is 0 Å². The first-order valence-corrected chi connectivity index (χ1v) is 35.6. The van der Waals surface area contributed by atoms with E-state index in [1.165, 1.54) is 0 Å². The third-order valence-corrected chi connectivity index (χ3v) is 20.3. The highest BCUT2D eigenvalue weighted by molar-refractivity contribution is 5.74. The van der Waals surface area contributed by atoms with E-state index in [1.807, 2.05) is 0 Å². The molecule has 9 heterocycles. The SMILES string of the molecule is CC(=O)N[C@@H]1[C@@H](O)[C@H](O[C@@H]2O[C@H](CO)[C@@H](O[C@@H]3O[C@H](CO[C@H]4O[C@H](CO[C@H]5O[C@H](CO)[C@@H](O)[C@H](O)[C@@H]5O)[C@@H](O)[C@H](O[C@H]5O[C@H](CO)[C@@H](O)[C@H](O)[C@@H]5O)[C@@H]4O)[C@@H](O[C@@H]4O[C@H](CO)[C@@H](O)[C@H](O)[C@H]4NC(C)=O)[C@H](O[C@H]4O[C@H](CO)[C@@H](O)[C@H](O[C@@H]5O[C@H](CO)[C@@H](O)[C@H](O)[C@H]5NC(C)=O)[C@@H]4O)[C@@H]3O)[C@H](O)[C@H]2NC(C)=O)[C@@H](CO)O[C@H]1O. The van der Waals surface area contributed by atoms with Gasteiger partial charge in [0, 0.05) is 27.7 Å². The summed E-state index contributed by atoms with van der Waals surface area (Å²) in [5.74, 6) is -3.62. The second kappa shape index (κ2) is 40.3. The van der Waals surface area contributed by atoms with Crippen molar-refractivity contribution in [1.29, 1.82) is 0 Å². The van der Waals surface area contributed by atoms with Gasteiger partial charge in [-0.25, -0.2) is 0 Å². The lowest BCUT2D eigenvalue weighted by molar-refractivity contribution is -0.404. The molecule has 648 valence electrons. The molecule has 0 radical (unpaired) electrons. The Hall–Kier alpha value is -3.80. The molecule has 29 N–H and O–H groups in total. The number of carbonyl (C=O) groups excluding carboxylic acids is 4. The van der Waals surface area contributed by atoms with Gasteiger partial charge in [0.1, 0.15) is 219 Å². The minimum atomic E-state index is -2.68. The van der Waals surface area contributed by atoms with Gasteiger partial charge in [0.25, 0.3) is 0 Å². The molecule has 0 spiro atoms. The van der Waals surface area contributed by atoms with Crippen molar-refractivity contribution in [3.8, 4) is 0 Å². The van der Waals surface area contributed by atoms with E-state index in [9.17, 15) is 147 Å². The molecule has 9 rings (SSSR count). The Labute approximate surface area is 634 Å². The predicted molar refractivity (Wildman–Crippen MR) is 343 cm³/mol. The maximum Gasteiger partial charge on any atom is 0.217 e. The highest BCUT2D eigenvalue weighted by Crippen LogP contribution is 2.40. The number of carbonyl (C=O) groups is 4. The van der Waals surface area contributed by atoms with E-state index in [2.05, 4.69) is 21.3 Å². The molecular weight excluding hydrogens is 1540 g/mol. The lowest BCUT2D eigenvalue weighted by Gasteiger charge is -2.52. The van der Waals surface area contributed by atoms with Crippen molar-refractivity contribution in [2.45, 2.75) is 304 Å². The lowest BCUT2D eigenvalue weighted by atomic mass is 9.93. The summed E-state index contributed by atoms with van der Waals surface area (Å²) >= 11 is 0. The number of rotatable bonds is 29. The summed E-state index contributed by atoms with van der Waals surface area (Å²) < 4.78 is 102. The summed E-state index contributed by atoms with van der Waals surface area (Å²) in [5.41, 5.74) is 0. The summed E-state index contributed by atoms with van der Waals surface area (Å²) in [7, 11) is 0. The number of amides is 4. The van der Waals surface area contributed by atoms with Crippen LogP contribution in [0.25, 0.3) is 0 Å². The van der Waals surface area contributed by atoms with Gasteiger partial charge in [0.05, 0.1) is 59.5 Å². The third-order valence-electron chi connectivity index (χ3n) is 20.3. The summed E-state index contributed by atoms with van der Waals surface area (Å²) in [5, 5.41) is 288. The molecule has 0 aliphatic carbocycles. The molecule has 9 aliphatic rings. The molecule has 0 aromatic rings. The number of ether oxygens (including phenoxy) is 17. The van der Waals surface area contributed by atoms with Crippen LogP contribution in [0.4, 0.5) is 0 Å². The van der Waals surface area contributed by atoms with Crippen LogP contribution in [-0.2, 0) is 99.7 Å². The molecule has 9 aliphatic heterocycles. The summed E-state index contributed by atoms with van der Waals surface area (Å²) in [4.78, 5) is 50.8. The monoisotopic (exact) mass is 1640 g/mol. The summed E-state index contributed by atoms with van der Waals surface area (Å²) in [6, 6.07) is -7.42. The van der Waals surface area contributed by atoms with Gasteiger partial charge in [0.15, 0.2) is 56.6 Å². The van der Waals surface area contributed by atoms with Gasteiger partial charge in [0.2, 0.25) is 23.6 Å². The van der Waals surface area contributed by atoms with E-state index in [-0.39, 0.29) is 0 Å². The second-order valence-electron chi connectivity index (χ2n) is 28.2. The highest BCUT2D eigenvalue weighted by Gasteiger charge is 2.61. The highest BCUT2D eigenvalue weighted by atomic mass is 16.8. The van der Waals surface area contributed by atoms with Crippen molar-refractivity contribution in [2.24, 2.45) is 0 Å². The first-order valence-electron chi connectivity index (χ1n) is 35.6. The third kappa shape index (κ3) is 20.4. The van der Waals surface area contributed by atoms with Gasteiger partial charge >= 0.3 is 0 Å². The second-order valence-corrected chi connectivity index (χ2v) is 28.2. The van der Waals surface area contributed by atoms with E-state index in [0.717, 1.165) is 27.7 Å². The van der Waals surface area contributed by atoms with Crippen LogP contribution >= 0.6 is 0 Å².